The number of hydrogen-bond donors (Lipinski definition) is 2. The largest absolute Gasteiger partial charge is 0.395 e. The molecular formula is C17H30N4O2. The van der Waals surface area contributed by atoms with Crippen LogP contribution >= 0.6 is 0 Å². The van der Waals surface area contributed by atoms with Crippen LogP contribution < -0.4 is 5.32 Å². The molecule has 2 fully saturated rings. The number of aliphatic hydroxyl groups is 1. The predicted octanol–water partition coefficient (Wildman–Crippen LogP) is 0.431. The van der Waals surface area contributed by atoms with Crippen LogP contribution in [-0.2, 0) is 4.79 Å². The van der Waals surface area contributed by atoms with E-state index in [1.54, 1.807) is 0 Å². The van der Waals surface area contributed by atoms with Gasteiger partial charge < -0.3 is 15.3 Å². The molecular weight excluding hydrogens is 292 g/mol. The minimum Gasteiger partial charge on any atom is -0.395 e. The van der Waals surface area contributed by atoms with Gasteiger partial charge in [0.25, 0.3) is 0 Å². The number of amides is 1. The van der Waals surface area contributed by atoms with Crippen LogP contribution in [0.1, 0.15) is 32.6 Å². The zero-order chi connectivity index (χ0) is 16.9. The van der Waals surface area contributed by atoms with E-state index in [1.165, 1.54) is 0 Å². The van der Waals surface area contributed by atoms with Crippen LogP contribution in [0, 0.1) is 23.2 Å². The lowest BCUT2D eigenvalue weighted by atomic mass is 9.96. The lowest BCUT2D eigenvalue weighted by Crippen LogP contribution is -2.50. The molecule has 0 spiro atoms. The van der Waals surface area contributed by atoms with Gasteiger partial charge in [0, 0.05) is 13.1 Å². The fraction of sp³-hybridized carbons (Fsp3) is 0.882. The molecule has 130 valence electrons. The van der Waals surface area contributed by atoms with Crippen molar-refractivity contribution in [1.29, 1.82) is 5.26 Å². The quantitative estimate of drug-likeness (QED) is 0.677. The second kappa shape index (κ2) is 8.09. The van der Waals surface area contributed by atoms with Crippen molar-refractivity contribution in [2.24, 2.45) is 11.8 Å². The predicted molar refractivity (Wildman–Crippen MR) is 88.6 cm³/mol. The normalized spacial score (nSPS) is 22.6. The van der Waals surface area contributed by atoms with Crippen molar-refractivity contribution in [3.63, 3.8) is 0 Å². The summed E-state index contributed by atoms with van der Waals surface area (Å²) >= 11 is 0. The minimum absolute atomic E-state index is 0.0545. The number of nitrogens with zero attached hydrogens (tertiary/aromatic N) is 3. The second-order valence-electron chi connectivity index (χ2n) is 7.34. The Kier molecular flexibility index (Phi) is 6.40. The van der Waals surface area contributed by atoms with Crippen LogP contribution in [0.25, 0.3) is 0 Å². The van der Waals surface area contributed by atoms with Crippen LogP contribution in [0.2, 0.25) is 0 Å². The number of hydrogen-bond acceptors (Lipinski definition) is 5. The van der Waals surface area contributed by atoms with Gasteiger partial charge in [-0.3, -0.25) is 9.69 Å². The SMILES string of the molecule is CN(CC(=O)N[C@](C)(C#N)C1CC1)CC1CCN(CCO)CC1. The van der Waals surface area contributed by atoms with Gasteiger partial charge in [0.15, 0.2) is 0 Å². The van der Waals surface area contributed by atoms with Crippen molar-refractivity contribution in [2.45, 2.75) is 38.1 Å². The third-order valence-electron chi connectivity index (χ3n) is 5.13. The summed E-state index contributed by atoms with van der Waals surface area (Å²) in [6, 6.07) is 2.27. The van der Waals surface area contributed by atoms with E-state index in [4.69, 9.17) is 5.11 Å². The number of nitrogens with one attached hydrogen (secondary N) is 1. The van der Waals surface area contributed by atoms with Gasteiger partial charge in [-0.1, -0.05) is 0 Å². The Morgan fingerprint density at radius 3 is 2.57 bits per heavy atom. The number of carbonyl (C=O) groups excluding carboxylic acids is 1. The maximum absolute atomic E-state index is 12.2. The molecule has 1 aliphatic carbocycles. The van der Waals surface area contributed by atoms with Crippen molar-refractivity contribution in [3.8, 4) is 6.07 Å². The fourth-order valence-electron chi connectivity index (χ4n) is 3.50. The molecule has 1 amide bonds. The van der Waals surface area contributed by atoms with E-state index in [2.05, 4.69) is 21.2 Å². The van der Waals surface area contributed by atoms with Crippen molar-refractivity contribution < 1.29 is 9.90 Å². The highest BCUT2D eigenvalue weighted by Gasteiger charge is 2.43. The van der Waals surface area contributed by atoms with Gasteiger partial charge in [-0.2, -0.15) is 5.26 Å². The number of β-amino-alcohol motifs (C(OH)–C–C–N with tert-alkyl or cyclic N) is 1. The zero-order valence-electron chi connectivity index (χ0n) is 14.4. The molecule has 0 aromatic heterocycles. The average Bonchev–Trinajstić information content (AvgIpc) is 3.34. The highest BCUT2D eigenvalue weighted by molar-refractivity contribution is 5.79. The summed E-state index contributed by atoms with van der Waals surface area (Å²) in [4.78, 5) is 16.6. The maximum Gasteiger partial charge on any atom is 0.235 e. The van der Waals surface area contributed by atoms with E-state index in [9.17, 15) is 10.1 Å². The molecule has 2 aliphatic rings. The third-order valence-corrected chi connectivity index (χ3v) is 5.13. The highest BCUT2D eigenvalue weighted by Crippen LogP contribution is 2.39. The van der Waals surface area contributed by atoms with Gasteiger partial charge in [-0.05, 0) is 64.6 Å². The molecule has 0 radical (unpaired) electrons. The molecule has 0 bridgehead atoms. The number of likely N-dealkylation sites (N-methyl/N-ethyl adjacent to an activating group) is 1. The lowest BCUT2D eigenvalue weighted by Gasteiger charge is -2.33. The summed E-state index contributed by atoms with van der Waals surface area (Å²) in [5.41, 5.74) is -0.701. The van der Waals surface area contributed by atoms with Gasteiger partial charge >= 0.3 is 0 Å². The zero-order valence-corrected chi connectivity index (χ0v) is 14.4. The lowest BCUT2D eigenvalue weighted by molar-refractivity contribution is -0.123. The van der Waals surface area contributed by atoms with Crippen LogP contribution in [0.3, 0.4) is 0 Å². The first-order chi connectivity index (χ1) is 11.0. The van der Waals surface area contributed by atoms with Crippen molar-refractivity contribution >= 4 is 5.91 Å². The molecule has 1 aliphatic heterocycles. The van der Waals surface area contributed by atoms with Crippen molar-refractivity contribution in [1.82, 2.24) is 15.1 Å². The summed E-state index contributed by atoms with van der Waals surface area (Å²) in [5, 5.41) is 21.2. The van der Waals surface area contributed by atoms with E-state index in [-0.39, 0.29) is 12.5 Å². The molecule has 0 aromatic rings. The maximum atomic E-state index is 12.2. The molecule has 23 heavy (non-hydrogen) atoms. The summed E-state index contributed by atoms with van der Waals surface area (Å²) in [5.74, 6) is 0.868. The van der Waals surface area contributed by atoms with E-state index in [0.717, 1.165) is 51.9 Å². The number of rotatable bonds is 8. The summed E-state index contributed by atoms with van der Waals surface area (Å²) < 4.78 is 0. The Bertz CT molecular complexity index is 438. The first-order valence-corrected chi connectivity index (χ1v) is 8.71. The molecule has 1 saturated carbocycles. The van der Waals surface area contributed by atoms with Gasteiger partial charge in [0.05, 0.1) is 19.2 Å². The molecule has 1 heterocycles. The highest BCUT2D eigenvalue weighted by atomic mass is 16.3. The summed E-state index contributed by atoms with van der Waals surface area (Å²) in [6.07, 6.45) is 4.30. The Morgan fingerprint density at radius 1 is 1.39 bits per heavy atom. The van der Waals surface area contributed by atoms with E-state index in [1.807, 2.05) is 14.0 Å². The number of nitriles is 1. The number of likely N-dealkylation sites (tertiary alicyclic amines) is 1. The Morgan fingerprint density at radius 2 is 2.04 bits per heavy atom. The minimum atomic E-state index is -0.701. The molecule has 1 saturated heterocycles. The summed E-state index contributed by atoms with van der Waals surface area (Å²) in [6.45, 7) is 6.13. The van der Waals surface area contributed by atoms with Crippen LogP contribution in [-0.4, -0.2) is 72.7 Å². The monoisotopic (exact) mass is 322 g/mol. The molecule has 2 N–H and O–H groups in total. The molecule has 2 rings (SSSR count). The molecule has 0 unspecified atom stereocenters. The second-order valence-corrected chi connectivity index (χ2v) is 7.34. The van der Waals surface area contributed by atoms with E-state index >= 15 is 0 Å². The van der Waals surface area contributed by atoms with Gasteiger partial charge in [0.2, 0.25) is 5.91 Å². The van der Waals surface area contributed by atoms with Crippen molar-refractivity contribution in [3.05, 3.63) is 0 Å². The fourth-order valence-corrected chi connectivity index (χ4v) is 3.50. The first-order valence-electron chi connectivity index (χ1n) is 8.71. The first kappa shape index (κ1) is 18.2. The van der Waals surface area contributed by atoms with Crippen LogP contribution in [0.5, 0.6) is 0 Å². The molecule has 1 atom stereocenters. The topological polar surface area (TPSA) is 79.6 Å². The van der Waals surface area contributed by atoms with Gasteiger partial charge in [-0.15, -0.1) is 0 Å². The Hall–Kier alpha value is -1.16. The Labute approximate surface area is 139 Å². The third kappa shape index (κ3) is 5.45. The van der Waals surface area contributed by atoms with Gasteiger partial charge in [0.1, 0.15) is 5.54 Å². The van der Waals surface area contributed by atoms with E-state index in [0.29, 0.717) is 18.4 Å². The molecule has 6 heteroatoms. The number of piperidine rings is 1. The molecule has 6 nitrogen and oxygen atoms in total. The number of carbonyl (C=O) groups is 1. The van der Waals surface area contributed by atoms with Gasteiger partial charge in [-0.25, -0.2) is 0 Å². The van der Waals surface area contributed by atoms with Crippen LogP contribution in [0.15, 0.2) is 0 Å². The molecule has 0 aromatic carbocycles. The standard InChI is InChI=1S/C17H30N4O2/c1-17(13-18,15-3-4-15)19-16(23)12-20(2)11-14-5-7-21(8-6-14)9-10-22/h14-15,22H,3-12H2,1-2H3,(H,19,23)/t17-/m1/s1. The summed E-state index contributed by atoms with van der Waals surface area (Å²) in [7, 11) is 1.97. The number of aliphatic hydroxyl groups excluding tert-OH is 1. The van der Waals surface area contributed by atoms with Crippen molar-refractivity contribution in [2.75, 3.05) is 46.4 Å². The average molecular weight is 322 g/mol. The smallest absolute Gasteiger partial charge is 0.235 e. The Balaban J connectivity index is 1.69. The van der Waals surface area contributed by atoms with Crippen LogP contribution in [0.4, 0.5) is 0 Å². The van der Waals surface area contributed by atoms with E-state index < -0.39 is 5.54 Å².